The van der Waals surface area contributed by atoms with E-state index in [-0.39, 0.29) is 10.9 Å². The molecule has 0 radical (unpaired) electrons. The zero-order valence-corrected chi connectivity index (χ0v) is 14.2. The summed E-state index contributed by atoms with van der Waals surface area (Å²) in [4.78, 5) is 3.48. The summed E-state index contributed by atoms with van der Waals surface area (Å²) < 4.78 is 87.2. The Morgan fingerprint density at radius 1 is 1.08 bits per heavy atom. The number of hydrogen-bond acceptors (Lipinski definition) is 6. The number of rotatable bonds is 6. The summed E-state index contributed by atoms with van der Waals surface area (Å²) in [5.41, 5.74) is 0. The molecule has 24 heavy (non-hydrogen) atoms. The monoisotopic (exact) mass is 405 g/mol. The van der Waals surface area contributed by atoms with Crippen LogP contribution in [0.3, 0.4) is 0 Å². The molecule has 0 N–H and O–H groups in total. The highest BCUT2D eigenvalue weighted by Crippen LogP contribution is 2.35. The predicted molar refractivity (Wildman–Crippen MR) is 77.2 cm³/mol. The van der Waals surface area contributed by atoms with Gasteiger partial charge in [0, 0.05) is 0 Å². The molecule has 0 unspecified atom stereocenters. The maximum absolute atomic E-state index is 13.8. The standard InChI is InChI=1S/C12H8ClF4NO4S2/c1-2-21-10-6(14)8(16)11(9(17)7(10)15)22-4-24(19,20)12-18-3-5(13)23-12/h3H,2,4H2,1H3. The van der Waals surface area contributed by atoms with Crippen LogP contribution in [-0.2, 0) is 9.84 Å². The van der Waals surface area contributed by atoms with Gasteiger partial charge in [0.25, 0.3) is 0 Å². The van der Waals surface area contributed by atoms with Crippen LogP contribution in [0.15, 0.2) is 10.5 Å². The van der Waals surface area contributed by atoms with Crippen LogP contribution >= 0.6 is 22.9 Å². The normalized spacial score (nSPS) is 11.6. The van der Waals surface area contributed by atoms with Crippen molar-refractivity contribution in [3.05, 3.63) is 33.8 Å². The van der Waals surface area contributed by atoms with Gasteiger partial charge in [-0.1, -0.05) is 22.9 Å². The van der Waals surface area contributed by atoms with Gasteiger partial charge in [-0.3, -0.25) is 0 Å². The predicted octanol–water partition coefficient (Wildman–Crippen LogP) is 3.56. The molecule has 1 aromatic heterocycles. The number of hydrogen-bond donors (Lipinski definition) is 0. The van der Waals surface area contributed by atoms with Gasteiger partial charge in [-0.15, -0.1) is 0 Å². The van der Waals surface area contributed by atoms with Crippen molar-refractivity contribution >= 4 is 32.8 Å². The smallest absolute Gasteiger partial charge is 0.240 e. The third kappa shape index (κ3) is 3.57. The van der Waals surface area contributed by atoms with Crippen molar-refractivity contribution < 1.29 is 35.5 Å². The van der Waals surface area contributed by atoms with Crippen molar-refractivity contribution in [3.63, 3.8) is 0 Å². The second-order valence-electron chi connectivity index (χ2n) is 4.15. The fourth-order valence-corrected chi connectivity index (χ4v) is 3.85. The Kier molecular flexibility index (Phi) is 5.56. The van der Waals surface area contributed by atoms with Gasteiger partial charge in [-0.05, 0) is 6.92 Å². The molecule has 0 aliphatic heterocycles. The lowest BCUT2D eigenvalue weighted by molar-refractivity contribution is 0.266. The quantitative estimate of drug-likeness (QED) is 0.543. The summed E-state index contributed by atoms with van der Waals surface area (Å²) in [5.74, 6) is -11.6. The zero-order chi connectivity index (χ0) is 18.1. The molecular weight excluding hydrogens is 398 g/mol. The Balaban J connectivity index is 2.34. The van der Waals surface area contributed by atoms with Crippen molar-refractivity contribution in [2.24, 2.45) is 0 Å². The molecule has 0 aliphatic carbocycles. The van der Waals surface area contributed by atoms with E-state index in [0.717, 1.165) is 6.20 Å². The molecular formula is C12H8ClF4NO4S2. The molecule has 0 bridgehead atoms. The maximum Gasteiger partial charge on any atom is 0.240 e. The summed E-state index contributed by atoms with van der Waals surface area (Å²) in [7, 11) is -4.23. The third-order valence-electron chi connectivity index (χ3n) is 2.55. The lowest BCUT2D eigenvalue weighted by atomic mass is 10.2. The van der Waals surface area contributed by atoms with E-state index >= 15 is 0 Å². The average Bonchev–Trinajstić information content (AvgIpc) is 2.97. The van der Waals surface area contributed by atoms with Gasteiger partial charge < -0.3 is 9.47 Å². The lowest BCUT2D eigenvalue weighted by Crippen LogP contribution is -2.15. The second kappa shape index (κ2) is 7.11. The topological polar surface area (TPSA) is 65.5 Å². The number of halogens is 5. The van der Waals surface area contributed by atoms with Crippen molar-refractivity contribution in [3.8, 4) is 11.5 Å². The first-order valence-electron chi connectivity index (χ1n) is 6.14. The molecule has 12 heteroatoms. The molecule has 1 aromatic carbocycles. The minimum atomic E-state index is -4.23. The largest absolute Gasteiger partial charge is 0.488 e. The van der Waals surface area contributed by atoms with E-state index in [0.29, 0.717) is 11.3 Å². The highest BCUT2D eigenvalue weighted by molar-refractivity contribution is 7.93. The molecule has 2 rings (SSSR count). The van der Waals surface area contributed by atoms with Crippen LogP contribution in [0.1, 0.15) is 6.92 Å². The van der Waals surface area contributed by atoms with Crippen LogP contribution in [0.2, 0.25) is 4.34 Å². The molecule has 0 amide bonds. The molecule has 0 saturated carbocycles. The number of sulfone groups is 1. The fourth-order valence-electron chi connectivity index (χ4n) is 1.56. The van der Waals surface area contributed by atoms with Crippen molar-refractivity contribution in [2.75, 3.05) is 12.5 Å². The van der Waals surface area contributed by atoms with Crippen LogP contribution < -0.4 is 9.47 Å². The van der Waals surface area contributed by atoms with Crippen LogP contribution in [0.5, 0.6) is 11.5 Å². The van der Waals surface area contributed by atoms with E-state index in [1.165, 1.54) is 6.92 Å². The highest BCUT2D eigenvalue weighted by atomic mass is 35.5. The zero-order valence-electron chi connectivity index (χ0n) is 11.8. The SMILES string of the molecule is CCOc1c(F)c(F)c(OCS(=O)(=O)c2ncc(Cl)s2)c(F)c1F. The van der Waals surface area contributed by atoms with Crippen LogP contribution in [-0.4, -0.2) is 25.9 Å². The van der Waals surface area contributed by atoms with Gasteiger partial charge in [0.2, 0.25) is 37.4 Å². The van der Waals surface area contributed by atoms with Crippen molar-refractivity contribution in [1.82, 2.24) is 4.98 Å². The molecule has 2 aromatic rings. The Morgan fingerprint density at radius 2 is 1.58 bits per heavy atom. The Morgan fingerprint density at radius 3 is 2.00 bits per heavy atom. The van der Waals surface area contributed by atoms with Gasteiger partial charge in [-0.2, -0.15) is 17.6 Å². The van der Waals surface area contributed by atoms with E-state index in [1.807, 2.05) is 0 Å². The van der Waals surface area contributed by atoms with Crippen LogP contribution in [0.25, 0.3) is 0 Å². The van der Waals surface area contributed by atoms with Gasteiger partial charge >= 0.3 is 0 Å². The molecule has 0 spiro atoms. The summed E-state index contributed by atoms with van der Waals surface area (Å²) in [6.07, 6.45) is 1.05. The molecule has 0 atom stereocenters. The molecule has 0 saturated heterocycles. The summed E-state index contributed by atoms with van der Waals surface area (Å²) in [5, 5.41) is 0. The number of nitrogens with zero attached hydrogens (tertiary/aromatic N) is 1. The molecule has 132 valence electrons. The fraction of sp³-hybridized carbons (Fsp3) is 0.250. The minimum Gasteiger partial charge on any atom is -0.488 e. The number of benzene rings is 1. The van der Waals surface area contributed by atoms with Crippen LogP contribution in [0.4, 0.5) is 17.6 Å². The first kappa shape index (κ1) is 18.7. The highest BCUT2D eigenvalue weighted by Gasteiger charge is 2.29. The third-order valence-corrected chi connectivity index (χ3v) is 5.54. The average molecular weight is 406 g/mol. The van der Waals surface area contributed by atoms with Crippen LogP contribution in [0, 0.1) is 23.3 Å². The Bertz CT molecular complexity index is 843. The van der Waals surface area contributed by atoms with Crippen molar-refractivity contribution in [2.45, 2.75) is 11.3 Å². The Labute approximate surface area is 142 Å². The van der Waals surface area contributed by atoms with E-state index in [4.69, 9.17) is 11.6 Å². The molecule has 5 nitrogen and oxygen atoms in total. The number of ether oxygens (including phenoxy) is 2. The van der Waals surface area contributed by atoms with Gasteiger partial charge in [-0.25, -0.2) is 13.4 Å². The van der Waals surface area contributed by atoms with E-state index in [1.54, 1.807) is 0 Å². The maximum atomic E-state index is 13.8. The van der Waals surface area contributed by atoms with Crippen molar-refractivity contribution in [1.29, 1.82) is 0 Å². The lowest BCUT2D eigenvalue weighted by Gasteiger charge is -2.12. The second-order valence-corrected chi connectivity index (χ2v) is 7.93. The van der Waals surface area contributed by atoms with Gasteiger partial charge in [0.1, 0.15) is 4.34 Å². The van der Waals surface area contributed by atoms with Gasteiger partial charge in [0.15, 0.2) is 17.4 Å². The molecule has 0 fully saturated rings. The summed E-state index contributed by atoms with van der Waals surface area (Å²) in [6.45, 7) is 1.11. The first-order valence-corrected chi connectivity index (χ1v) is 8.99. The minimum absolute atomic E-state index is 0.0593. The molecule has 0 aliphatic rings. The summed E-state index contributed by atoms with van der Waals surface area (Å²) >= 11 is 6.12. The van der Waals surface area contributed by atoms with E-state index in [2.05, 4.69) is 14.5 Å². The van der Waals surface area contributed by atoms with E-state index in [9.17, 15) is 26.0 Å². The van der Waals surface area contributed by atoms with E-state index < -0.39 is 54.9 Å². The number of thiazole rings is 1. The molecule has 1 heterocycles. The Hall–Kier alpha value is -1.59. The number of aromatic nitrogens is 1. The summed E-state index contributed by atoms with van der Waals surface area (Å²) in [6, 6.07) is 0. The first-order chi connectivity index (χ1) is 11.2. The van der Waals surface area contributed by atoms with Gasteiger partial charge in [0.05, 0.1) is 12.8 Å².